The summed E-state index contributed by atoms with van der Waals surface area (Å²) in [5.74, 6) is 0. The molecule has 4 nitrogen and oxygen atoms in total. The van der Waals surface area contributed by atoms with Gasteiger partial charge in [0.1, 0.15) is 5.58 Å². The Bertz CT molecular complexity index is 2750. The Morgan fingerprint density at radius 2 is 0.960 bits per heavy atom. The zero-order valence-electron chi connectivity index (χ0n) is 27.0. The van der Waals surface area contributed by atoms with Crippen molar-refractivity contribution in [3.8, 4) is 22.4 Å². The fourth-order valence-corrected chi connectivity index (χ4v) is 7.10. The van der Waals surface area contributed by atoms with Crippen LogP contribution in [-0.4, -0.2) is 9.97 Å². The second-order valence-corrected chi connectivity index (χ2v) is 12.8. The van der Waals surface area contributed by atoms with E-state index in [4.69, 9.17) is 14.4 Å². The lowest BCUT2D eigenvalue weighted by atomic mass is 10.0. The molecule has 10 rings (SSSR count). The average molecular weight is 640 g/mol. The predicted molar refractivity (Wildman–Crippen MR) is 207 cm³/mol. The minimum atomic E-state index is 0.628. The van der Waals surface area contributed by atoms with Crippen molar-refractivity contribution in [3.63, 3.8) is 0 Å². The highest BCUT2D eigenvalue weighted by molar-refractivity contribution is 6.10. The predicted octanol–water partition coefficient (Wildman–Crippen LogP) is 12.6. The number of anilines is 3. The molecule has 0 aliphatic heterocycles. The van der Waals surface area contributed by atoms with E-state index in [-0.39, 0.29) is 0 Å². The Kier molecular flexibility index (Phi) is 6.46. The van der Waals surface area contributed by atoms with Crippen LogP contribution in [0.15, 0.2) is 181 Å². The van der Waals surface area contributed by atoms with Crippen molar-refractivity contribution in [3.05, 3.63) is 176 Å². The van der Waals surface area contributed by atoms with Gasteiger partial charge < -0.3 is 9.32 Å². The summed E-state index contributed by atoms with van der Waals surface area (Å²) in [6.45, 7) is 0. The molecule has 10 aromatic rings. The summed E-state index contributed by atoms with van der Waals surface area (Å²) in [6, 6.07) is 57.9. The van der Waals surface area contributed by atoms with Crippen molar-refractivity contribution in [1.29, 1.82) is 0 Å². The van der Waals surface area contributed by atoms with Gasteiger partial charge in [-0.15, -0.1) is 0 Å². The van der Waals surface area contributed by atoms with E-state index in [9.17, 15) is 0 Å². The highest BCUT2D eigenvalue weighted by Crippen LogP contribution is 2.40. The van der Waals surface area contributed by atoms with E-state index >= 15 is 0 Å². The standard InChI is InChI=1S/C46H29N3O/c1-2-8-33-23-37(14-13-30(33)7-1)31-15-19-39(20-16-31)49(40-21-17-32(18-22-40)44-25-35-10-5-6-12-38(35)28-47-44)41-27-43-42-24-34-9-3-4-11-36(34)26-45(42)50-46(43)48-29-41/h1-29H. The van der Waals surface area contributed by atoms with Crippen LogP contribution in [0.1, 0.15) is 0 Å². The molecule has 3 heterocycles. The van der Waals surface area contributed by atoms with E-state index in [1.165, 1.54) is 32.7 Å². The lowest BCUT2D eigenvalue weighted by Crippen LogP contribution is -2.10. The highest BCUT2D eigenvalue weighted by Gasteiger charge is 2.17. The number of hydrogen-bond acceptors (Lipinski definition) is 4. The maximum absolute atomic E-state index is 6.26. The third-order valence-corrected chi connectivity index (χ3v) is 9.70. The Hall–Kier alpha value is -6.78. The average Bonchev–Trinajstić information content (AvgIpc) is 3.54. The third kappa shape index (κ3) is 4.85. The summed E-state index contributed by atoms with van der Waals surface area (Å²) in [6.07, 6.45) is 3.85. The molecule has 7 aromatic carbocycles. The highest BCUT2D eigenvalue weighted by atomic mass is 16.3. The first-order valence-electron chi connectivity index (χ1n) is 16.8. The lowest BCUT2D eigenvalue weighted by molar-refractivity contribution is 0.654. The molecular weight excluding hydrogens is 611 g/mol. The molecule has 50 heavy (non-hydrogen) atoms. The Labute approximate surface area is 288 Å². The number of hydrogen-bond donors (Lipinski definition) is 0. The molecule has 0 fully saturated rings. The van der Waals surface area contributed by atoms with E-state index in [2.05, 4.69) is 163 Å². The normalized spacial score (nSPS) is 11.6. The van der Waals surface area contributed by atoms with Gasteiger partial charge in [0, 0.05) is 33.9 Å². The first-order valence-corrected chi connectivity index (χ1v) is 16.8. The minimum Gasteiger partial charge on any atom is -0.438 e. The van der Waals surface area contributed by atoms with Crippen LogP contribution in [0.3, 0.4) is 0 Å². The molecule has 3 aromatic heterocycles. The number of fused-ring (bicyclic) bond motifs is 6. The van der Waals surface area contributed by atoms with E-state index in [0.717, 1.165) is 55.4 Å². The van der Waals surface area contributed by atoms with Crippen LogP contribution < -0.4 is 4.90 Å². The van der Waals surface area contributed by atoms with Crippen molar-refractivity contribution in [2.75, 3.05) is 4.90 Å². The number of pyridine rings is 2. The fourth-order valence-electron chi connectivity index (χ4n) is 7.10. The topological polar surface area (TPSA) is 42.2 Å². The molecule has 0 aliphatic rings. The molecule has 0 saturated heterocycles. The van der Waals surface area contributed by atoms with E-state index in [1.807, 2.05) is 18.5 Å². The van der Waals surface area contributed by atoms with Crippen LogP contribution in [-0.2, 0) is 0 Å². The minimum absolute atomic E-state index is 0.628. The van der Waals surface area contributed by atoms with Crippen molar-refractivity contribution in [1.82, 2.24) is 9.97 Å². The molecule has 0 bridgehead atoms. The van der Waals surface area contributed by atoms with Crippen LogP contribution >= 0.6 is 0 Å². The summed E-state index contributed by atoms with van der Waals surface area (Å²) < 4.78 is 6.26. The molecule has 0 amide bonds. The molecule has 0 unspecified atom stereocenters. The van der Waals surface area contributed by atoms with Gasteiger partial charge >= 0.3 is 0 Å². The van der Waals surface area contributed by atoms with Gasteiger partial charge in [-0.2, -0.15) is 0 Å². The molecule has 0 N–H and O–H groups in total. The lowest BCUT2D eigenvalue weighted by Gasteiger charge is -2.25. The van der Waals surface area contributed by atoms with Gasteiger partial charge in [0.25, 0.3) is 0 Å². The third-order valence-electron chi connectivity index (χ3n) is 9.70. The SMILES string of the molecule is c1ccc2cc(-c3ccc(N(c4ccc(-c5cc6ccccc6cn5)cc4)c4cnc5oc6cc7ccccc7cc6c5c4)cc3)ccc2c1. The Morgan fingerprint density at radius 3 is 1.68 bits per heavy atom. The second-order valence-electron chi connectivity index (χ2n) is 12.8. The number of furan rings is 1. The van der Waals surface area contributed by atoms with Gasteiger partial charge in [0.2, 0.25) is 5.71 Å². The summed E-state index contributed by atoms with van der Waals surface area (Å²) in [5, 5.41) is 9.14. The number of rotatable bonds is 5. The largest absolute Gasteiger partial charge is 0.438 e. The van der Waals surface area contributed by atoms with Gasteiger partial charge in [-0.05, 0) is 92.7 Å². The quantitative estimate of drug-likeness (QED) is 0.188. The molecule has 4 heteroatoms. The molecule has 0 saturated carbocycles. The maximum atomic E-state index is 6.26. The van der Waals surface area contributed by atoms with Gasteiger partial charge in [0.15, 0.2) is 0 Å². The molecule has 0 spiro atoms. The molecule has 0 radical (unpaired) electrons. The van der Waals surface area contributed by atoms with E-state index in [1.54, 1.807) is 0 Å². The smallest absolute Gasteiger partial charge is 0.227 e. The van der Waals surface area contributed by atoms with Crippen molar-refractivity contribution in [2.24, 2.45) is 0 Å². The van der Waals surface area contributed by atoms with Gasteiger partial charge in [-0.1, -0.05) is 109 Å². The maximum Gasteiger partial charge on any atom is 0.227 e. The molecule has 0 atom stereocenters. The van der Waals surface area contributed by atoms with Crippen molar-refractivity contribution in [2.45, 2.75) is 0 Å². The number of benzene rings is 7. The zero-order valence-corrected chi connectivity index (χ0v) is 27.0. The number of nitrogens with zero attached hydrogens (tertiary/aromatic N) is 3. The first kappa shape index (κ1) is 28.3. The van der Waals surface area contributed by atoms with Crippen LogP contribution in [0, 0.1) is 0 Å². The zero-order chi connectivity index (χ0) is 33.0. The Balaban J connectivity index is 1.09. The molecule has 234 valence electrons. The van der Waals surface area contributed by atoms with Crippen LogP contribution in [0.2, 0.25) is 0 Å². The number of aromatic nitrogens is 2. The second kappa shape index (κ2) is 11.4. The van der Waals surface area contributed by atoms with Crippen LogP contribution in [0.5, 0.6) is 0 Å². The van der Waals surface area contributed by atoms with Crippen molar-refractivity contribution < 1.29 is 4.42 Å². The first-order chi connectivity index (χ1) is 24.7. The summed E-state index contributed by atoms with van der Waals surface area (Å²) in [7, 11) is 0. The van der Waals surface area contributed by atoms with E-state index in [0.29, 0.717) is 5.71 Å². The molecule has 0 aliphatic carbocycles. The summed E-state index contributed by atoms with van der Waals surface area (Å²) >= 11 is 0. The van der Waals surface area contributed by atoms with E-state index < -0.39 is 0 Å². The fraction of sp³-hybridized carbons (Fsp3) is 0. The van der Waals surface area contributed by atoms with Crippen molar-refractivity contribution >= 4 is 71.4 Å². The summed E-state index contributed by atoms with van der Waals surface area (Å²) in [5.41, 5.74) is 8.83. The van der Waals surface area contributed by atoms with Crippen LogP contribution in [0.4, 0.5) is 17.1 Å². The monoisotopic (exact) mass is 639 g/mol. The van der Waals surface area contributed by atoms with Gasteiger partial charge in [-0.3, -0.25) is 4.98 Å². The van der Waals surface area contributed by atoms with Crippen LogP contribution in [0.25, 0.3) is 76.8 Å². The Morgan fingerprint density at radius 1 is 0.380 bits per heavy atom. The van der Waals surface area contributed by atoms with Gasteiger partial charge in [0.05, 0.1) is 23.0 Å². The molecular formula is C46H29N3O. The summed E-state index contributed by atoms with van der Waals surface area (Å²) in [4.78, 5) is 11.9. The van der Waals surface area contributed by atoms with Gasteiger partial charge in [-0.25, -0.2) is 4.98 Å².